The highest BCUT2D eigenvalue weighted by molar-refractivity contribution is 5.68. The van der Waals surface area contributed by atoms with Gasteiger partial charge in [0.25, 0.3) is 0 Å². The number of halogens is 1. The summed E-state index contributed by atoms with van der Waals surface area (Å²) in [6.45, 7) is 5.59. The van der Waals surface area contributed by atoms with Gasteiger partial charge in [0.1, 0.15) is 0 Å². The van der Waals surface area contributed by atoms with Crippen molar-refractivity contribution >= 4 is 5.97 Å². The zero-order valence-corrected chi connectivity index (χ0v) is 11.5. The van der Waals surface area contributed by atoms with Gasteiger partial charge in [-0.05, 0) is 31.5 Å². The van der Waals surface area contributed by atoms with E-state index in [0.29, 0.717) is 25.9 Å². The summed E-state index contributed by atoms with van der Waals surface area (Å²) < 4.78 is 13.7. The van der Waals surface area contributed by atoms with E-state index in [1.165, 1.54) is 5.56 Å². The molecule has 1 heterocycles. The number of benzene rings is 1. The molecule has 0 bridgehead atoms. The maximum atomic E-state index is 13.7. The molecular weight excluding hydrogens is 257 g/mol. The summed E-state index contributed by atoms with van der Waals surface area (Å²) in [5.74, 6) is -1.44. The van der Waals surface area contributed by atoms with Crippen LogP contribution in [0.25, 0.3) is 0 Å². The zero-order chi connectivity index (χ0) is 14.6. The van der Waals surface area contributed by atoms with Crippen LogP contribution in [0.5, 0.6) is 0 Å². The lowest BCUT2D eigenvalue weighted by Gasteiger charge is -2.39. The first-order valence-corrected chi connectivity index (χ1v) is 6.85. The van der Waals surface area contributed by atoms with Crippen molar-refractivity contribution < 1.29 is 14.3 Å². The van der Waals surface area contributed by atoms with Gasteiger partial charge in [-0.2, -0.15) is 0 Å². The van der Waals surface area contributed by atoms with Gasteiger partial charge in [0.2, 0.25) is 0 Å². The Morgan fingerprint density at radius 2 is 1.90 bits per heavy atom. The van der Waals surface area contributed by atoms with Crippen LogP contribution in [0.4, 0.5) is 4.39 Å². The molecule has 1 aromatic carbocycles. The van der Waals surface area contributed by atoms with Crippen molar-refractivity contribution in [2.45, 2.75) is 25.8 Å². The fourth-order valence-corrected chi connectivity index (χ4v) is 2.81. The van der Waals surface area contributed by atoms with Crippen molar-refractivity contribution in [2.75, 3.05) is 13.1 Å². The van der Waals surface area contributed by atoms with Gasteiger partial charge >= 0.3 is 5.97 Å². The van der Waals surface area contributed by atoms with E-state index in [4.69, 9.17) is 5.11 Å². The molecule has 20 heavy (non-hydrogen) atoms. The Morgan fingerprint density at radius 3 is 2.40 bits per heavy atom. The van der Waals surface area contributed by atoms with Gasteiger partial charge in [0, 0.05) is 12.0 Å². The highest BCUT2D eigenvalue weighted by Crippen LogP contribution is 2.42. The van der Waals surface area contributed by atoms with E-state index in [-0.39, 0.29) is 6.42 Å². The maximum Gasteiger partial charge on any atom is 0.304 e. The normalized spacial score (nSPS) is 18.6. The molecular formula is C16H20FNO2. The van der Waals surface area contributed by atoms with E-state index >= 15 is 0 Å². The Balaban J connectivity index is 1.96. The van der Waals surface area contributed by atoms with Crippen LogP contribution in [0.2, 0.25) is 0 Å². The van der Waals surface area contributed by atoms with Crippen LogP contribution in [0, 0.1) is 5.41 Å². The van der Waals surface area contributed by atoms with Gasteiger partial charge in [-0.25, -0.2) is 4.39 Å². The zero-order valence-electron chi connectivity index (χ0n) is 11.5. The minimum Gasteiger partial charge on any atom is -0.481 e. The van der Waals surface area contributed by atoms with E-state index in [0.717, 1.165) is 6.54 Å². The molecule has 0 spiro atoms. The van der Waals surface area contributed by atoms with Gasteiger partial charge in [0.15, 0.2) is 0 Å². The number of hydrogen-bond acceptors (Lipinski definition) is 2. The van der Waals surface area contributed by atoms with Crippen LogP contribution in [-0.2, 0) is 11.3 Å². The molecule has 3 nitrogen and oxygen atoms in total. The highest BCUT2D eigenvalue weighted by Gasteiger charge is 2.39. The molecule has 1 fully saturated rings. The topological polar surface area (TPSA) is 40.5 Å². The molecule has 2 rings (SSSR count). The van der Waals surface area contributed by atoms with E-state index in [1.54, 1.807) is 0 Å². The molecule has 0 saturated carbocycles. The molecule has 0 aromatic heterocycles. The molecule has 1 aliphatic heterocycles. The predicted octanol–water partition coefficient (Wildman–Crippen LogP) is 3.23. The van der Waals surface area contributed by atoms with Crippen molar-refractivity contribution in [3.8, 4) is 0 Å². The average Bonchev–Trinajstić information content (AvgIpc) is 2.41. The lowest BCUT2D eigenvalue weighted by Crippen LogP contribution is -2.41. The minimum atomic E-state index is -0.958. The van der Waals surface area contributed by atoms with E-state index in [2.05, 4.69) is 23.6 Å². The van der Waals surface area contributed by atoms with Crippen molar-refractivity contribution in [1.82, 2.24) is 4.90 Å². The number of carbonyl (C=O) groups is 1. The Labute approximate surface area is 118 Å². The number of piperidine rings is 1. The largest absolute Gasteiger partial charge is 0.481 e. The van der Waals surface area contributed by atoms with Crippen molar-refractivity contribution in [3.63, 3.8) is 0 Å². The number of nitrogens with zero attached hydrogens (tertiary/aromatic N) is 1. The monoisotopic (exact) mass is 277 g/mol. The summed E-state index contributed by atoms with van der Waals surface area (Å²) in [6.07, 6.45) is 0.866. The van der Waals surface area contributed by atoms with Gasteiger partial charge < -0.3 is 5.11 Å². The third kappa shape index (κ3) is 3.45. The molecule has 1 aliphatic rings. The number of allylic oxidation sites excluding steroid dienone is 1. The van der Waals surface area contributed by atoms with Crippen LogP contribution in [0.3, 0.4) is 0 Å². The molecule has 4 heteroatoms. The summed E-state index contributed by atoms with van der Waals surface area (Å²) in [4.78, 5) is 13.2. The number of rotatable bonds is 5. The summed E-state index contributed by atoms with van der Waals surface area (Å²) in [6, 6.07) is 10.1. The Hall–Kier alpha value is -1.68. The lowest BCUT2D eigenvalue weighted by atomic mass is 9.75. The van der Waals surface area contributed by atoms with Gasteiger partial charge in [-0.1, -0.05) is 36.9 Å². The van der Waals surface area contributed by atoms with E-state index in [9.17, 15) is 9.18 Å². The van der Waals surface area contributed by atoms with Crippen LogP contribution in [-0.4, -0.2) is 29.1 Å². The Bertz CT molecular complexity index is 479. The first-order chi connectivity index (χ1) is 9.52. The van der Waals surface area contributed by atoms with Crippen LogP contribution in [0.15, 0.2) is 42.7 Å². The molecule has 1 N–H and O–H groups in total. The summed E-state index contributed by atoms with van der Waals surface area (Å²) in [5.41, 5.74) is 0.344. The molecule has 0 amide bonds. The number of likely N-dealkylation sites (tertiary alicyclic amines) is 1. The average molecular weight is 277 g/mol. The molecule has 108 valence electrons. The third-order valence-electron chi connectivity index (χ3n) is 4.13. The molecule has 0 unspecified atom stereocenters. The number of aliphatic carboxylic acids is 1. The van der Waals surface area contributed by atoms with Gasteiger partial charge in [-0.3, -0.25) is 9.69 Å². The fraction of sp³-hybridized carbons (Fsp3) is 0.438. The van der Waals surface area contributed by atoms with Crippen LogP contribution >= 0.6 is 0 Å². The minimum absolute atomic E-state index is 0.165. The van der Waals surface area contributed by atoms with E-state index in [1.807, 2.05) is 18.2 Å². The fourth-order valence-electron chi connectivity index (χ4n) is 2.81. The third-order valence-corrected chi connectivity index (χ3v) is 4.13. The molecule has 0 atom stereocenters. The number of hydrogen-bond donors (Lipinski definition) is 1. The van der Waals surface area contributed by atoms with Gasteiger partial charge in [0.05, 0.1) is 12.2 Å². The molecule has 0 aliphatic carbocycles. The van der Waals surface area contributed by atoms with E-state index < -0.39 is 17.2 Å². The molecule has 1 aromatic rings. The lowest BCUT2D eigenvalue weighted by molar-refractivity contribution is -0.140. The quantitative estimate of drug-likeness (QED) is 0.898. The first kappa shape index (κ1) is 14.7. The molecule has 0 radical (unpaired) electrons. The maximum absolute atomic E-state index is 13.7. The van der Waals surface area contributed by atoms with Crippen molar-refractivity contribution in [3.05, 3.63) is 48.3 Å². The second-order valence-corrected chi connectivity index (χ2v) is 5.52. The van der Waals surface area contributed by atoms with Crippen LogP contribution in [0.1, 0.15) is 24.8 Å². The Morgan fingerprint density at radius 1 is 1.30 bits per heavy atom. The summed E-state index contributed by atoms with van der Waals surface area (Å²) >= 11 is 0. The van der Waals surface area contributed by atoms with Crippen molar-refractivity contribution in [2.24, 2.45) is 5.41 Å². The summed E-state index contributed by atoms with van der Waals surface area (Å²) in [5, 5.41) is 8.96. The predicted molar refractivity (Wildman–Crippen MR) is 75.9 cm³/mol. The SMILES string of the molecule is C=C(F)C1(CC(=O)O)CCN(Cc2ccccc2)CC1. The standard InChI is InChI=1S/C16H20FNO2/c1-13(17)16(11-15(19)20)7-9-18(10-8-16)12-14-5-3-2-4-6-14/h2-6H,1,7-12H2,(H,19,20). The second-order valence-electron chi connectivity index (χ2n) is 5.52. The number of carboxylic acids is 1. The summed E-state index contributed by atoms with van der Waals surface area (Å²) in [7, 11) is 0. The highest BCUT2D eigenvalue weighted by atomic mass is 19.1. The van der Waals surface area contributed by atoms with Crippen molar-refractivity contribution in [1.29, 1.82) is 0 Å². The smallest absolute Gasteiger partial charge is 0.304 e. The van der Waals surface area contributed by atoms with Gasteiger partial charge in [-0.15, -0.1) is 0 Å². The second kappa shape index (κ2) is 6.18. The number of carboxylic acid groups (broad SMARTS) is 1. The Kier molecular flexibility index (Phi) is 4.55. The van der Waals surface area contributed by atoms with Crippen LogP contribution < -0.4 is 0 Å². The first-order valence-electron chi connectivity index (χ1n) is 6.85. The molecule has 1 saturated heterocycles.